The Bertz CT molecular complexity index is 488. The lowest BCUT2D eigenvalue weighted by Gasteiger charge is -2.16. The predicted octanol–water partition coefficient (Wildman–Crippen LogP) is 1.35. The molecule has 4 nitrogen and oxygen atoms in total. The molecule has 96 valence electrons. The summed E-state index contributed by atoms with van der Waals surface area (Å²) in [5.74, 6) is -1.77. The molecule has 1 amide bonds. The largest absolute Gasteiger partial charge is 0.317 e. The van der Waals surface area contributed by atoms with E-state index in [1.165, 1.54) is 23.1 Å². The first kappa shape index (κ1) is 12.7. The van der Waals surface area contributed by atoms with E-state index in [0.29, 0.717) is 13.0 Å². The Morgan fingerprint density at radius 2 is 2.11 bits per heavy atom. The number of Topliss-reactive ketones (excluding diaryl/α,β-unsaturated/α-hetero) is 1. The fourth-order valence-corrected chi connectivity index (χ4v) is 2.06. The second kappa shape index (κ2) is 5.27. The van der Waals surface area contributed by atoms with Gasteiger partial charge in [0.05, 0.1) is 11.3 Å². The van der Waals surface area contributed by atoms with Gasteiger partial charge in [-0.15, -0.1) is 0 Å². The van der Waals surface area contributed by atoms with Gasteiger partial charge in [-0.3, -0.25) is 9.59 Å². The van der Waals surface area contributed by atoms with Crippen LogP contribution in [0.2, 0.25) is 0 Å². The van der Waals surface area contributed by atoms with Crippen molar-refractivity contribution in [1.29, 1.82) is 0 Å². The van der Waals surface area contributed by atoms with Gasteiger partial charge in [-0.25, -0.2) is 4.39 Å². The number of hydrogen-bond acceptors (Lipinski definition) is 3. The first-order valence-corrected chi connectivity index (χ1v) is 6.02. The summed E-state index contributed by atoms with van der Waals surface area (Å²) in [7, 11) is 0. The van der Waals surface area contributed by atoms with Crippen LogP contribution < -0.4 is 10.2 Å². The van der Waals surface area contributed by atoms with Crippen LogP contribution in [0.3, 0.4) is 0 Å². The number of carbonyl (C=O) groups excluding carboxylic acids is 2. The minimum absolute atomic E-state index is 0.129. The molecule has 1 aliphatic rings. The van der Waals surface area contributed by atoms with Crippen LogP contribution >= 0.6 is 0 Å². The van der Waals surface area contributed by atoms with Gasteiger partial charge in [0.15, 0.2) is 0 Å². The number of nitrogens with zero attached hydrogens (tertiary/aromatic N) is 1. The van der Waals surface area contributed by atoms with E-state index in [4.69, 9.17) is 0 Å². The van der Waals surface area contributed by atoms with Crippen molar-refractivity contribution < 1.29 is 14.0 Å². The van der Waals surface area contributed by atoms with Crippen LogP contribution in [0.1, 0.15) is 23.7 Å². The van der Waals surface area contributed by atoms with E-state index in [1.54, 1.807) is 0 Å². The minimum Gasteiger partial charge on any atom is -0.317 e. The molecule has 0 saturated heterocycles. The van der Waals surface area contributed by atoms with E-state index in [2.05, 4.69) is 5.32 Å². The van der Waals surface area contributed by atoms with E-state index in [9.17, 15) is 14.0 Å². The topological polar surface area (TPSA) is 49.4 Å². The Kier molecular flexibility index (Phi) is 3.72. The summed E-state index contributed by atoms with van der Waals surface area (Å²) in [6, 6.07) is 4.20. The van der Waals surface area contributed by atoms with E-state index in [-0.39, 0.29) is 11.3 Å². The third-order valence-electron chi connectivity index (χ3n) is 2.93. The van der Waals surface area contributed by atoms with Crippen LogP contribution in [0.5, 0.6) is 0 Å². The number of hydrogen-bond donors (Lipinski definition) is 1. The SMILES string of the molecule is CCNCCCN1C(=O)C(=O)c2cccc(F)c21. The van der Waals surface area contributed by atoms with Crippen molar-refractivity contribution in [3.8, 4) is 0 Å². The molecule has 0 unspecified atom stereocenters. The molecule has 2 rings (SSSR count). The smallest absolute Gasteiger partial charge is 0.299 e. The fourth-order valence-electron chi connectivity index (χ4n) is 2.06. The van der Waals surface area contributed by atoms with Crippen molar-refractivity contribution in [2.75, 3.05) is 24.5 Å². The zero-order chi connectivity index (χ0) is 13.1. The normalized spacial score (nSPS) is 14.2. The molecule has 0 aromatic heterocycles. The zero-order valence-corrected chi connectivity index (χ0v) is 10.2. The number of amides is 1. The highest BCUT2D eigenvalue weighted by Gasteiger charge is 2.37. The molecule has 0 radical (unpaired) electrons. The highest BCUT2D eigenvalue weighted by atomic mass is 19.1. The third kappa shape index (κ3) is 2.13. The minimum atomic E-state index is -0.633. The number of benzene rings is 1. The molecule has 0 fully saturated rings. The summed E-state index contributed by atoms with van der Waals surface area (Å²) in [5, 5.41) is 3.12. The highest BCUT2D eigenvalue weighted by molar-refractivity contribution is 6.52. The molecular formula is C13H15FN2O2. The van der Waals surface area contributed by atoms with Gasteiger partial charge in [-0.1, -0.05) is 13.0 Å². The molecule has 1 aromatic rings. The molecule has 1 aliphatic heterocycles. The predicted molar refractivity (Wildman–Crippen MR) is 66.2 cm³/mol. The summed E-state index contributed by atoms with van der Waals surface area (Å²) >= 11 is 0. The molecule has 18 heavy (non-hydrogen) atoms. The molecule has 1 aromatic carbocycles. The fraction of sp³-hybridized carbons (Fsp3) is 0.385. The molecule has 0 spiro atoms. The van der Waals surface area contributed by atoms with Crippen molar-refractivity contribution >= 4 is 17.4 Å². The van der Waals surface area contributed by atoms with Crippen molar-refractivity contribution in [3.63, 3.8) is 0 Å². The van der Waals surface area contributed by atoms with Gasteiger partial charge in [0, 0.05) is 6.54 Å². The molecule has 0 atom stereocenters. The number of halogens is 1. The highest BCUT2D eigenvalue weighted by Crippen LogP contribution is 2.31. The maximum atomic E-state index is 13.7. The maximum Gasteiger partial charge on any atom is 0.299 e. The van der Waals surface area contributed by atoms with Gasteiger partial charge in [0.1, 0.15) is 5.82 Å². The Hall–Kier alpha value is -1.75. The van der Waals surface area contributed by atoms with Crippen LogP contribution in [0.15, 0.2) is 18.2 Å². The summed E-state index contributed by atoms with van der Waals surface area (Å²) in [6.07, 6.45) is 0.681. The Labute approximate surface area is 105 Å². The number of fused-ring (bicyclic) bond motifs is 1. The van der Waals surface area contributed by atoms with Crippen molar-refractivity contribution in [1.82, 2.24) is 5.32 Å². The van der Waals surface area contributed by atoms with E-state index in [1.807, 2.05) is 6.92 Å². The standard InChI is InChI=1S/C13H15FN2O2/c1-2-15-7-4-8-16-11-9(12(17)13(16)18)5-3-6-10(11)14/h3,5-6,15H,2,4,7-8H2,1H3. The van der Waals surface area contributed by atoms with Gasteiger partial charge in [-0.05, 0) is 31.6 Å². The quantitative estimate of drug-likeness (QED) is 0.634. The van der Waals surface area contributed by atoms with Gasteiger partial charge < -0.3 is 10.2 Å². The number of ketones is 1. The molecule has 1 N–H and O–H groups in total. The van der Waals surface area contributed by atoms with Gasteiger partial charge in [0.25, 0.3) is 11.7 Å². The molecule has 0 aliphatic carbocycles. The molecular weight excluding hydrogens is 235 g/mol. The zero-order valence-electron chi connectivity index (χ0n) is 10.2. The number of carbonyl (C=O) groups is 2. The lowest BCUT2D eigenvalue weighted by atomic mass is 10.1. The number of nitrogens with one attached hydrogen (secondary N) is 1. The summed E-state index contributed by atoms with van der Waals surface area (Å²) in [5.41, 5.74) is 0.299. The summed E-state index contributed by atoms with van der Waals surface area (Å²) in [6.45, 7) is 3.92. The molecule has 0 saturated carbocycles. The lowest BCUT2D eigenvalue weighted by Crippen LogP contribution is -2.32. The first-order valence-electron chi connectivity index (χ1n) is 6.02. The van der Waals surface area contributed by atoms with Crippen LogP contribution in [0.25, 0.3) is 0 Å². The van der Waals surface area contributed by atoms with Crippen LogP contribution in [0.4, 0.5) is 10.1 Å². The second-order valence-electron chi connectivity index (χ2n) is 4.13. The Balaban J connectivity index is 2.17. The van der Waals surface area contributed by atoms with E-state index in [0.717, 1.165) is 13.1 Å². The van der Waals surface area contributed by atoms with Gasteiger partial charge in [-0.2, -0.15) is 0 Å². The van der Waals surface area contributed by atoms with Gasteiger partial charge in [0.2, 0.25) is 0 Å². The van der Waals surface area contributed by atoms with E-state index >= 15 is 0 Å². The van der Waals surface area contributed by atoms with Crippen LogP contribution in [0, 0.1) is 5.82 Å². The van der Waals surface area contributed by atoms with Gasteiger partial charge >= 0.3 is 0 Å². The summed E-state index contributed by atoms with van der Waals surface area (Å²) < 4.78 is 13.7. The van der Waals surface area contributed by atoms with Crippen molar-refractivity contribution in [2.24, 2.45) is 0 Å². The Morgan fingerprint density at radius 3 is 2.83 bits per heavy atom. The average Bonchev–Trinajstić information content (AvgIpc) is 2.61. The monoisotopic (exact) mass is 250 g/mol. The number of rotatable bonds is 5. The summed E-state index contributed by atoms with van der Waals surface area (Å²) in [4.78, 5) is 24.7. The maximum absolute atomic E-state index is 13.7. The lowest BCUT2D eigenvalue weighted by molar-refractivity contribution is -0.114. The average molecular weight is 250 g/mol. The molecule has 5 heteroatoms. The Morgan fingerprint density at radius 1 is 1.33 bits per heavy atom. The number of anilines is 1. The number of para-hydroxylation sites is 1. The molecule has 1 heterocycles. The van der Waals surface area contributed by atoms with E-state index < -0.39 is 17.5 Å². The second-order valence-corrected chi connectivity index (χ2v) is 4.13. The third-order valence-corrected chi connectivity index (χ3v) is 2.93. The molecule has 0 bridgehead atoms. The van der Waals surface area contributed by atoms with Crippen molar-refractivity contribution in [2.45, 2.75) is 13.3 Å². The van der Waals surface area contributed by atoms with Crippen LogP contribution in [-0.4, -0.2) is 31.3 Å². The van der Waals surface area contributed by atoms with Crippen LogP contribution in [-0.2, 0) is 4.79 Å². The first-order chi connectivity index (χ1) is 8.66. The van der Waals surface area contributed by atoms with Crippen molar-refractivity contribution in [3.05, 3.63) is 29.6 Å².